The normalized spacial score (nSPS) is 30.6. The summed E-state index contributed by atoms with van der Waals surface area (Å²) in [6.45, 7) is 6.01. The van der Waals surface area contributed by atoms with E-state index in [9.17, 15) is 8.42 Å². The van der Waals surface area contributed by atoms with Gasteiger partial charge in [0.1, 0.15) is 0 Å². The maximum atomic E-state index is 11.8. The van der Waals surface area contributed by atoms with Crippen molar-refractivity contribution in [2.45, 2.75) is 50.2 Å². The average Bonchev–Trinajstić information content (AvgIpc) is 2.81. The number of sulfone groups is 1. The molecule has 0 aromatic heterocycles. The third-order valence-electron chi connectivity index (χ3n) is 5.23. The summed E-state index contributed by atoms with van der Waals surface area (Å²) in [4.78, 5) is 0. The summed E-state index contributed by atoms with van der Waals surface area (Å²) >= 11 is 0. The van der Waals surface area contributed by atoms with Crippen molar-refractivity contribution in [1.29, 1.82) is 0 Å². The van der Waals surface area contributed by atoms with E-state index in [1.807, 2.05) is 6.07 Å². The highest BCUT2D eigenvalue weighted by atomic mass is 32.2. The number of rotatable bonds is 4. The molecule has 4 nitrogen and oxygen atoms in total. The monoisotopic (exact) mass is 337 g/mol. The van der Waals surface area contributed by atoms with Crippen LogP contribution in [-0.4, -0.2) is 44.7 Å². The van der Waals surface area contributed by atoms with Crippen LogP contribution in [0, 0.1) is 0 Å². The second kappa shape index (κ2) is 6.19. The lowest BCUT2D eigenvalue weighted by Crippen LogP contribution is -2.50. The smallest absolute Gasteiger partial charge is 0.153 e. The van der Waals surface area contributed by atoms with E-state index >= 15 is 0 Å². The Balaban J connectivity index is 1.60. The molecule has 2 fully saturated rings. The summed E-state index contributed by atoms with van der Waals surface area (Å²) in [6, 6.07) is 10.8. The number of benzene rings is 1. The van der Waals surface area contributed by atoms with E-state index in [4.69, 9.17) is 4.74 Å². The molecule has 1 aromatic rings. The van der Waals surface area contributed by atoms with Crippen molar-refractivity contribution in [3.8, 4) is 0 Å². The average molecular weight is 337 g/mol. The van der Waals surface area contributed by atoms with Crippen molar-refractivity contribution in [1.82, 2.24) is 5.32 Å². The fourth-order valence-electron chi connectivity index (χ4n) is 3.75. The molecule has 2 heterocycles. The molecule has 1 spiro atoms. The van der Waals surface area contributed by atoms with E-state index < -0.39 is 15.4 Å². The molecule has 1 aromatic carbocycles. The number of hydrogen-bond donors (Lipinski definition) is 1. The van der Waals surface area contributed by atoms with Crippen LogP contribution in [0.2, 0.25) is 0 Å². The van der Waals surface area contributed by atoms with Crippen LogP contribution in [-0.2, 0) is 20.0 Å². The molecule has 3 rings (SSSR count). The fraction of sp³-hybridized carbons (Fsp3) is 0.667. The Morgan fingerprint density at radius 3 is 2.70 bits per heavy atom. The Kier molecular flexibility index (Phi) is 4.55. The van der Waals surface area contributed by atoms with E-state index in [0.717, 1.165) is 19.4 Å². The predicted molar refractivity (Wildman–Crippen MR) is 92.4 cm³/mol. The Hall–Kier alpha value is -0.910. The van der Waals surface area contributed by atoms with Crippen LogP contribution in [0.4, 0.5) is 0 Å². The van der Waals surface area contributed by atoms with Gasteiger partial charge in [0.15, 0.2) is 9.84 Å². The van der Waals surface area contributed by atoms with Gasteiger partial charge < -0.3 is 10.1 Å². The minimum absolute atomic E-state index is 0.0501. The summed E-state index contributed by atoms with van der Waals surface area (Å²) in [6.07, 6.45) is 2.40. The van der Waals surface area contributed by atoms with Crippen LogP contribution < -0.4 is 5.32 Å². The largest absolute Gasteiger partial charge is 0.374 e. The van der Waals surface area contributed by atoms with Gasteiger partial charge in [0.2, 0.25) is 0 Å². The quantitative estimate of drug-likeness (QED) is 0.916. The van der Waals surface area contributed by atoms with Crippen molar-refractivity contribution >= 4 is 9.84 Å². The van der Waals surface area contributed by atoms with E-state index in [1.54, 1.807) is 0 Å². The molecule has 0 radical (unpaired) electrons. The van der Waals surface area contributed by atoms with Gasteiger partial charge in [0.25, 0.3) is 0 Å². The minimum Gasteiger partial charge on any atom is -0.374 e. The zero-order chi connectivity index (χ0) is 16.6. The minimum atomic E-state index is -2.92. The van der Waals surface area contributed by atoms with Crippen molar-refractivity contribution in [2.24, 2.45) is 0 Å². The molecule has 0 amide bonds. The van der Waals surface area contributed by atoms with Crippen molar-refractivity contribution in [3.05, 3.63) is 35.9 Å². The van der Waals surface area contributed by atoms with Gasteiger partial charge in [-0.1, -0.05) is 44.2 Å². The van der Waals surface area contributed by atoms with Gasteiger partial charge in [-0.05, 0) is 24.8 Å². The van der Waals surface area contributed by atoms with Gasteiger partial charge in [-0.15, -0.1) is 0 Å². The molecular weight excluding hydrogens is 310 g/mol. The Labute approximate surface area is 139 Å². The van der Waals surface area contributed by atoms with Crippen molar-refractivity contribution < 1.29 is 13.2 Å². The topological polar surface area (TPSA) is 55.4 Å². The van der Waals surface area contributed by atoms with Crippen molar-refractivity contribution in [2.75, 3.05) is 24.7 Å². The third-order valence-corrected chi connectivity index (χ3v) is 7.02. The van der Waals surface area contributed by atoms with Crippen LogP contribution >= 0.6 is 0 Å². The Morgan fingerprint density at radius 2 is 2.04 bits per heavy atom. The lowest BCUT2D eigenvalue weighted by Gasteiger charge is -2.39. The maximum absolute atomic E-state index is 11.8. The summed E-state index contributed by atoms with van der Waals surface area (Å²) in [5, 5.41) is 3.66. The second-order valence-corrected chi connectivity index (χ2v) is 9.88. The maximum Gasteiger partial charge on any atom is 0.153 e. The molecule has 2 aliphatic rings. The highest BCUT2D eigenvalue weighted by Crippen LogP contribution is 2.35. The molecule has 1 N–H and O–H groups in total. The third kappa shape index (κ3) is 3.95. The number of hydrogen-bond acceptors (Lipinski definition) is 4. The lowest BCUT2D eigenvalue weighted by atomic mass is 9.83. The van der Waals surface area contributed by atoms with Gasteiger partial charge >= 0.3 is 0 Å². The van der Waals surface area contributed by atoms with Crippen molar-refractivity contribution in [3.63, 3.8) is 0 Å². The number of nitrogens with one attached hydrogen (secondary N) is 1. The van der Waals surface area contributed by atoms with Crippen LogP contribution in [0.15, 0.2) is 30.3 Å². The van der Waals surface area contributed by atoms with Gasteiger partial charge in [-0.25, -0.2) is 8.42 Å². The molecular formula is C18H27NO3S. The Bertz CT molecular complexity index is 641. The van der Waals surface area contributed by atoms with E-state index in [0.29, 0.717) is 19.1 Å². The summed E-state index contributed by atoms with van der Waals surface area (Å²) in [5.41, 5.74) is 0.929. The predicted octanol–water partition coefficient (Wildman–Crippen LogP) is 2.29. The molecule has 2 atom stereocenters. The first kappa shape index (κ1) is 16.9. The summed E-state index contributed by atoms with van der Waals surface area (Å²) in [5.74, 6) is 0.468. The van der Waals surface area contributed by atoms with Crippen LogP contribution in [0.25, 0.3) is 0 Å². The highest BCUT2D eigenvalue weighted by Gasteiger charge is 2.46. The van der Waals surface area contributed by atoms with E-state index in [2.05, 4.69) is 43.4 Å². The molecule has 0 bridgehead atoms. The fourth-order valence-corrected chi connectivity index (χ4v) is 5.73. The molecule has 5 heteroatoms. The summed E-state index contributed by atoms with van der Waals surface area (Å²) < 4.78 is 29.5. The first-order valence-corrected chi connectivity index (χ1v) is 10.3. The zero-order valence-electron chi connectivity index (χ0n) is 14.0. The van der Waals surface area contributed by atoms with Crippen LogP contribution in [0.3, 0.4) is 0 Å². The summed E-state index contributed by atoms with van der Waals surface area (Å²) in [7, 11) is -2.92. The van der Waals surface area contributed by atoms with E-state index in [1.165, 1.54) is 5.56 Å². The molecule has 2 aliphatic heterocycles. The molecule has 128 valence electrons. The first-order valence-electron chi connectivity index (χ1n) is 8.44. The van der Waals surface area contributed by atoms with Gasteiger partial charge in [0.05, 0.1) is 17.1 Å². The standard InChI is InChI=1S/C18H27NO3S/c1-17(2,15-6-4-3-5-7-15)13-19-16-8-10-22-18(12-16)9-11-23(20,21)14-18/h3-7,16,19H,8-14H2,1-2H3/t16-,18-/m0/s1. The van der Waals surface area contributed by atoms with Crippen LogP contribution in [0.1, 0.15) is 38.7 Å². The first-order chi connectivity index (χ1) is 10.8. The second-order valence-electron chi connectivity index (χ2n) is 7.69. The SMILES string of the molecule is CC(C)(CN[C@H]1CCO[C@@]2(CCS(=O)(=O)C2)C1)c1ccccc1. The van der Waals surface area contributed by atoms with Gasteiger partial charge in [-0.3, -0.25) is 0 Å². The molecule has 23 heavy (non-hydrogen) atoms. The molecule has 0 unspecified atom stereocenters. The molecule has 2 saturated heterocycles. The lowest BCUT2D eigenvalue weighted by molar-refractivity contribution is -0.0707. The van der Waals surface area contributed by atoms with E-state index in [-0.39, 0.29) is 16.9 Å². The zero-order valence-corrected chi connectivity index (χ0v) is 14.9. The number of ether oxygens (including phenoxy) is 1. The highest BCUT2D eigenvalue weighted by molar-refractivity contribution is 7.91. The van der Waals surface area contributed by atoms with Gasteiger partial charge in [-0.2, -0.15) is 0 Å². The molecule has 0 saturated carbocycles. The van der Waals surface area contributed by atoms with Gasteiger partial charge in [0, 0.05) is 24.6 Å². The van der Waals surface area contributed by atoms with Crippen LogP contribution in [0.5, 0.6) is 0 Å². The Morgan fingerprint density at radius 1 is 1.30 bits per heavy atom. The molecule has 0 aliphatic carbocycles.